The van der Waals surface area contributed by atoms with E-state index in [4.69, 9.17) is 4.74 Å². The molecule has 0 bridgehead atoms. The van der Waals surface area contributed by atoms with Gasteiger partial charge in [-0.3, -0.25) is 4.74 Å². The molecule has 0 amide bonds. The summed E-state index contributed by atoms with van der Waals surface area (Å²) >= 11 is 0. The van der Waals surface area contributed by atoms with Gasteiger partial charge in [0.15, 0.2) is 0 Å². The summed E-state index contributed by atoms with van der Waals surface area (Å²) in [5.74, 6) is 0.424. The number of halogens is 3. The maximum Gasteiger partial charge on any atom is 0.522 e. The molecule has 0 saturated carbocycles. The molecular weight excluding hydrogens is 271 g/mol. The Morgan fingerprint density at radius 1 is 1.25 bits per heavy atom. The zero-order valence-corrected chi connectivity index (χ0v) is 11.6. The first-order valence-electron chi connectivity index (χ1n) is 6.37. The average Bonchev–Trinajstić information content (AvgIpc) is 2.36. The highest BCUT2D eigenvalue weighted by Gasteiger charge is 2.28. The number of allylic oxidation sites excluding steroid dienone is 1. The van der Waals surface area contributed by atoms with Gasteiger partial charge < -0.3 is 9.64 Å². The number of likely N-dealkylation sites (tertiary alicyclic amines) is 1. The summed E-state index contributed by atoms with van der Waals surface area (Å²) in [5, 5.41) is 0. The molecule has 3 nitrogen and oxygen atoms in total. The normalized spacial score (nSPS) is 18.4. The van der Waals surface area contributed by atoms with E-state index in [-0.39, 0.29) is 11.7 Å². The summed E-state index contributed by atoms with van der Waals surface area (Å²) in [6.07, 6.45) is 0.244. The zero-order chi connectivity index (χ0) is 15.2. The molecule has 0 aromatic carbocycles. The Bertz CT molecular complexity index is 369. The van der Waals surface area contributed by atoms with Crippen molar-refractivity contribution in [2.75, 3.05) is 26.7 Å². The Morgan fingerprint density at radius 2 is 1.85 bits per heavy atom. The summed E-state index contributed by atoms with van der Waals surface area (Å²) in [6.45, 7) is 8.53. The predicted octanol–water partition coefficient (Wildman–Crippen LogP) is 3.26. The van der Waals surface area contributed by atoms with E-state index in [1.54, 1.807) is 0 Å². The first kappa shape index (κ1) is 16.8. The van der Waals surface area contributed by atoms with Crippen LogP contribution in [-0.2, 0) is 9.47 Å². The van der Waals surface area contributed by atoms with Crippen LogP contribution in [-0.4, -0.2) is 44.1 Å². The van der Waals surface area contributed by atoms with Gasteiger partial charge in [-0.05, 0) is 31.5 Å². The molecule has 1 aliphatic rings. The van der Waals surface area contributed by atoms with Gasteiger partial charge in [0.25, 0.3) is 0 Å². The summed E-state index contributed by atoms with van der Waals surface area (Å²) in [5.41, 5.74) is 0.204. The van der Waals surface area contributed by atoms with E-state index in [0.717, 1.165) is 25.9 Å². The van der Waals surface area contributed by atoms with E-state index in [0.29, 0.717) is 5.76 Å². The Morgan fingerprint density at radius 3 is 2.40 bits per heavy atom. The molecule has 1 rings (SSSR count). The van der Waals surface area contributed by atoms with Gasteiger partial charge in [0, 0.05) is 13.1 Å². The van der Waals surface area contributed by atoms with Gasteiger partial charge in [0.2, 0.25) is 0 Å². The van der Waals surface area contributed by atoms with Crippen molar-refractivity contribution in [3.05, 3.63) is 36.6 Å². The highest BCUT2D eigenvalue weighted by Crippen LogP contribution is 2.18. The van der Waals surface area contributed by atoms with Crippen molar-refractivity contribution in [3.8, 4) is 0 Å². The van der Waals surface area contributed by atoms with Gasteiger partial charge in [0.05, 0.1) is 6.61 Å². The van der Waals surface area contributed by atoms with E-state index in [1.165, 1.54) is 12.2 Å². The molecule has 0 aromatic heterocycles. The molecule has 114 valence electrons. The van der Waals surface area contributed by atoms with Crippen LogP contribution in [0.25, 0.3) is 0 Å². The third kappa shape index (κ3) is 7.35. The van der Waals surface area contributed by atoms with Crippen LogP contribution in [0.15, 0.2) is 36.6 Å². The van der Waals surface area contributed by atoms with Gasteiger partial charge in [-0.25, -0.2) is 0 Å². The minimum absolute atomic E-state index is 0.114. The third-order valence-corrected chi connectivity index (χ3v) is 2.91. The van der Waals surface area contributed by atoms with Crippen molar-refractivity contribution in [2.45, 2.75) is 25.3 Å². The fourth-order valence-electron chi connectivity index (χ4n) is 1.79. The lowest BCUT2D eigenvalue weighted by Gasteiger charge is -2.29. The van der Waals surface area contributed by atoms with Crippen molar-refractivity contribution in [2.24, 2.45) is 0 Å². The summed E-state index contributed by atoms with van der Waals surface area (Å²) in [4.78, 5) is 2.22. The molecule has 0 N–H and O–H groups in total. The molecule has 1 aliphatic heterocycles. The second-order valence-electron chi connectivity index (χ2n) is 4.81. The monoisotopic (exact) mass is 291 g/mol. The van der Waals surface area contributed by atoms with E-state index in [1.807, 2.05) is 0 Å². The van der Waals surface area contributed by atoms with Crippen LogP contribution in [0.3, 0.4) is 0 Å². The quantitative estimate of drug-likeness (QED) is 0.554. The van der Waals surface area contributed by atoms with Gasteiger partial charge in [-0.2, -0.15) is 0 Å². The standard InChI is InChI=1S/C14H20F3NO2/c1-11(10-19-14(15,16)17)4-5-12(2)20-13-6-8-18(3)9-7-13/h4-5,13H,1-2,6-10H2,3H3/b5-4-. The van der Waals surface area contributed by atoms with E-state index in [9.17, 15) is 13.2 Å². The minimum Gasteiger partial charge on any atom is -0.491 e. The predicted molar refractivity (Wildman–Crippen MR) is 71.0 cm³/mol. The highest BCUT2D eigenvalue weighted by atomic mass is 19.4. The zero-order valence-electron chi connectivity index (χ0n) is 11.6. The average molecular weight is 291 g/mol. The molecular formula is C14H20F3NO2. The molecule has 0 aliphatic carbocycles. The molecule has 0 radical (unpaired) electrons. The Balaban J connectivity index is 2.27. The first-order chi connectivity index (χ1) is 9.26. The molecule has 1 heterocycles. The van der Waals surface area contributed by atoms with Gasteiger partial charge in [-0.15, -0.1) is 13.2 Å². The molecule has 0 spiro atoms. The number of nitrogens with zero attached hydrogens (tertiary/aromatic N) is 1. The Labute approximate surface area is 117 Å². The fraction of sp³-hybridized carbons (Fsp3) is 0.571. The van der Waals surface area contributed by atoms with Gasteiger partial charge in [0.1, 0.15) is 11.9 Å². The second kappa shape index (κ2) is 7.50. The third-order valence-electron chi connectivity index (χ3n) is 2.91. The number of hydrogen-bond donors (Lipinski definition) is 0. The molecule has 0 aromatic rings. The summed E-state index contributed by atoms with van der Waals surface area (Å²) in [6, 6.07) is 0. The van der Waals surface area contributed by atoms with E-state index in [2.05, 4.69) is 29.8 Å². The van der Waals surface area contributed by atoms with Crippen LogP contribution in [0.4, 0.5) is 13.2 Å². The lowest BCUT2D eigenvalue weighted by molar-refractivity contribution is -0.320. The van der Waals surface area contributed by atoms with Crippen molar-refractivity contribution in [1.29, 1.82) is 0 Å². The van der Waals surface area contributed by atoms with Crippen LogP contribution < -0.4 is 0 Å². The lowest BCUT2D eigenvalue weighted by Crippen LogP contribution is -2.33. The smallest absolute Gasteiger partial charge is 0.491 e. The number of rotatable bonds is 6. The van der Waals surface area contributed by atoms with Crippen molar-refractivity contribution in [1.82, 2.24) is 4.90 Å². The molecule has 1 saturated heterocycles. The van der Waals surface area contributed by atoms with E-state index < -0.39 is 13.0 Å². The number of alkyl halides is 3. The van der Waals surface area contributed by atoms with Crippen LogP contribution >= 0.6 is 0 Å². The molecule has 20 heavy (non-hydrogen) atoms. The van der Waals surface area contributed by atoms with Crippen molar-refractivity contribution < 1.29 is 22.6 Å². The van der Waals surface area contributed by atoms with Crippen LogP contribution in [0, 0.1) is 0 Å². The second-order valence-corrected chi connectivity index (χ2v) is 4.81. The van der Waals surface area contributed by atoms with Crippen LogP contribution in [0.2, 0.25) is 0 Å². The van der Waals surface area contributed by atoms with Crippen molar-refractivity contribution in [3.63, 3.8) is 0 Å². The molecule has 1 fully saturated rings. The fourth-order valence-corrected chi connectivity index (χ4v) is 1.79. The molecule has 0 atom stereocenters. The Hall–Kier alpha value is -1.27. The lowest BCUT2D eigenvalue weighted by atomic mass is 10.1. The molecule has 0 unspecified atom stereocenters. The van der Waals surface area contributed by atoms with Crippen molar-refractivity contribution >= 4 is 0 Å². The SMILES string of the molecule is C=C(/C=C\C(=C)OC1CCN(C)CC1)COC(F)(F)F. The van der Waals surface area contributed by atoms with Gasteiger partial charge in [-0.1, -0.05) is 19.2 Å². The first-order valence-corrected chi connectivity index (χ1v) is 6.37. The summed E-state index contributed by atoms with van der Waals surface area (Å²) < 4.78 is 44.7. The van der Waals surface area contributed by atoms with E-state index >= 15 is 0 Å². The Kier molecular flexibility index (Phi) is 6.29. The van der Waals surface area contributed by atoms with Crippen LogP contribution in [0.5, 0.6) is 0 Å². The number of piperidine rings is 1. The minimum atomic E-state index is -4.64. The number of ether oxygens (including phenoxy) is 2. The number of hydrogen-bond acceptors (Lipinski definition) is 3. The van der Waals surface area contributed by atoms with Gasteiger partial charge >= 0.3 is 6.36 Å². The maximum atomic E-state index is 11.8. The molecule has 6 heteroatoms. The largest absolute Gasteiger partial charge is 0.522 e. The summed E-state index contributed by atoms with van der Waals surface area (Å²) in [7, 11) is 2.05. The maximum absolute atomic E-state index is 11.8. The van der Waals surface area contributed by atoms with Crippen LogP contribution in [0.1, 0.15) is 12.8 Å². The highest BCUT2D eigenvalue weighted by molar-refractivity contribution is 5.21. The topological polar surface area (TPSA) is 21.7 Å².